The third-order valence-corrected chi connectivity index (χ3v) is 4.87. The highest BCUT2D eigenvalue weighted by Crippen LogP contribution is 2.19. The van der Waals surface area contributed by atoms with Crippen LogP contribution in [0, 0.1) is 6.92 Å². The first-order chi connectivity index (χ1) is 8.40. The zero-order chi connectivity index (χ0) is 13.6. The van der Waals surface area contributed by atoms with Crippen molar-refractivity contribution in [3.8, 4) is 0 Å². The summed E-state index contributed by atoms with van der Waals surface area (Å²) in [5, 5.41) is 3.17. The SMILES string of the molecule is CNC(CCS(C)(=O)=O)CSc1ccc(C)cc1. The van der Waals surface area contributed by atoms with Gasteiger partial charge >= 0.3 is 0 Å². The Balaban J connectivity index is 2.42. The van der Waals surface area contributed by atoms with Crippen molar-refractivity contribution in [1.82, 2.24) is 5.32 Å². The number of nitrogens with one attached hydrogen (secondary N) is 1. The molecule has 0 saturated carbocycles. The van der Waals surface area contributed by atoms with E-state index in [-0.39, 0.29) is 11.8 Å². The quantitative estimate of drug-likeness (QED) is 0.780. The van der Waals surface area contributed by atoms with Crippen LogP contribution in [0.5, 0.6) is 0 Å². The van der Waals surface area contributed by atoms with Gasteiger partial charge < -0.3 is 5.32 Å². The molecule has 5 heteroatoms. The van der Waals surface area contributed by atoms with Crippen LogP contribution in [0.3, 0.4) is 0 Å². The summed E-state index contributed by atoms with van der Waals surface area (Å²) < 4.78 is 22.3. The van der Waals surface area contributed by atoms with E-state index in [1.54, 1.807) is 11.8 Å². The summed E-state index contributed by atoms with van der Waals surface area (Å²) in [5.41, 5.74) is 1.25. The molecule has 1 aromatic carbocycles. The van der Waals surface area contributed by atoms with Crippen molar-refractivity contribution >= 4 is 21.6 Å². The van der Waals surface area contributed by atoms with Gasteiger partial charge in [-0.25, -0.2) is 8.42 Å². The van der Waals surface area contributed by atoms with E-state index in [0.29, 0.717) is 6.42 Å². The Bertz CT molecular complexity index is 454. The van der Waals surface area contributed by atoms with E-state index >= 15 is 0 Å². The van der Waals surface area contributed by atoms with Crippen LogP contribution in [-0.4, -0.2) is 39.3 Å². The number of hydrogen-bond acceptors (Lipinski definition) is 4. The molecule has 0 heterocycles. The van der Waals surface area contributed by atoms with Crippen LogP contribution in [-0.2, 0) is 9.84 Å². The molecule has 0 aliphatic rings. The summed E-state index contributed by atoms with van der Waals surface area (Å²) in [7, 11) is -0.989. The average Bonchev–Trinajstić information content (AvgIpc) is 2.30. The maximum Gasteiger partial charge on any atom is 0.147 e. The summed E-state index contributed by atoms with van der Waals surface area (Å²) in [4.78, 5) is 1.22. The molecule has 0 aliphatic carbocycles. The molecule has 1 N–H and O–H groups in total. The third-order valence-electron chi connectivity index (χ3n) is 2.72. The standard InChI is InChI=1S/C13H21NO2S2/c1-11-4-6-13(7-5-11)17-10-12(14-2)8-9-18(3,15)16/h4-7,12,14H,8-10H2,1-3H3. The van der Waals surface area contributed by atoms with Gasteiger partial charge in [0.2, 0.25) is 0 Å². The summed E-state index contributed by atoms with van der Waals surface area (Å²) in [6.45, 7) is 2.07. The van der Waals surface area contributed by atoms with Crippen molar-refractivity contribution in [3.05, 3.63) is 29.8 Å². The Morgan fingerprint density at radius 2 is 1.89 bits per heavy atom. The van der Waals surface area contributed by atoms with Gasteiger partial charge in [0.05, 0.1) is 5.75 Å². The normalized spacial score (nSPS) is 13.5. The second-order valence-corrected chi connectivity index (χ2v) is 7.88. The summed E-state index contributed by atoms with van der Waals surface area (Å²) in [6.07, 6.45) is 1.95. The maximum absolute atomic E-state index is 11.1. The van der Waals surface area contributed by atoms with Crippen LogP contribution >= 0.6 is 11.8 Å². The van der Waals surface area contributed by atoms with Crippen LogP contribution in [0.15, 0.2) is 29.2 Å². The highest BCUT2D eigenvalue weighted by molar-refractivity contribution is 7.99. The molecule has 0 bridgehead atoms. The van der Waals surface area contributed by atoms with E-state index < -0.39 is 9.84 Å². The Morgan fingerprint density at radius 3 is 2.39 bits per heavy atom. The molecule has 1 aromatic rings. The number of rotatable bonds is 7. The van der Waals surface area contributed by atoms with Crippen LogP contribution in [0.4, 0.5) is 0 Å². The molecule has 0 radical (unpaired) electrons. The highest BCUT2D eigenvalue weighted by Gasteiger charge is 2.10. The lowest BCUT2D eigenvalue weighted by Gasteiger charge is -2.15. The van der Waals surface area contributed by atoms with Crippen LogP contribution < -0.4 is 5.32 Å². The number of hydrogen-bond donors (Lipinski definition) is 1. The van der Waals surface area contributed by atoms with E-state index in [1.165, 1.54) is 16.7 Å². The average molecular weight is 287 g/mol. The van der Waals surface area contributed by atoms with E-state index in [4.69, 9.17) is 0 Å². The molecule has 0 aliphatic heterocycles. The lowest BCUT2D eigenvalue weighted by Crippen LogP contribution is -2.30. The Hall–Kier alpha value is -0.520. The lowest BCUT2D eigenvalue weighted by atomic mass is 10.2. The lowest BCUT2D eigenvalue weighted by molar-refractivity contribution is 0.573. The van der Waals surface area contributed by atoms with Gasteiger partial charge in [-0.3, -0.25) is 0 Å². The number of thioether (sulfide) groups is 1. The molecule has 0 fully saturated rings. The van der Waals surface area contributed by atoms with E-state index in [0.717, 1.165) is 5.75 Å². The minimum atomic E-state index is -2.87. The minimum Gasteiger partial charge on any atom is -0.316 e. The molecule has 18 heavy (non-hydrogen) atoms. The molecule has 1 atom stereocenters. The summed E-state index contributed by atoms with van der Waals surface area (Å²) in [5.74, 6) is 1.13. The summed E-state index contributed by atoms with van der Waals surface area (Å²) in [6, 6.07) is 8.61. The first kappa shape index (κ1) is 15.5. The molecule has 1 rings (SSSR count). The van der Waals surface area contributed by atoms with Crippen molar-refractivity contribution in [1.29, 1.82) is 0 Å². The monoisotopic (exact) mass is 287 g/mol. The van der Waals surface area contributed by atoms with Gasteiger partial charge in [0.25, 0.3) is 0 Å². The molecule has 102 valence electrons. The van der Waals surface area contributed by atoms with Crippen LogP contribution in [0.25, 0.3) is 0 Å². The van der Waals surface area contributed by atoms with Gasteiger partial charge in [0.15, 0.2) is 0 Å². The van der Waals surface area contributed by atoms with Crippen molar-refractivity contribution in [2.45, 2.75) is 24.3 Å². The van der Waals surface area contributed by atoms with E-state index in [1.807, 2.05) is 7.05 Å². The molecular weight excluding hydrogens is 266 g/mol. The van der Waals surface area contributed by atoms with E-state index in [9.17, 15) is 8.42 Å². The Morgan fingerprint density at radius 1 is 1.28 bits per heavy atom. The fourth-order valence-electron chi connectivity index (χ4n) is 1.50. The van der Waals surface area contributed by atoms with Crippen molar-refractivity contribution < 1.29 is 8.42 Å². The summed E-state index contributed by atoms with van der Waals surface area (Å²) >= 11 is 1.76. The largest absolute Gasteiger partial charge is 0.316 e. The molecule has 0 spiro atoms. The van der Waals surface area contributed by atoms with Crippen molar-refractivity contribution in [2.75, 3.05) is 24.8 Å². The predicted molar refractivity (Wildman–Crippen MR) is 79.1 cm³/mol. The fourth-order valence-corrected chi connectivity index (χ4v) is 3.27. The molecule has 1 unspecified atom stereocenters. The van der Waals surface area contributed by atoms with Gasteiger partial charge in [-0.05, 0) is 32.5 Å². The maximum atomic E-state index is 11.1. The number of sulfone groups is 1. The number of aryl methyl sites for hydroxylation is 1. The molecule has 0 saturated heterocycles. The van der Waals surface area contributed by atoms with Gasteiger partial charge in [-0.2, -0.15) is 0 Å². The Kier molecular flexibility index (Phi) is 6.18. The predicted octanol–water partition coefficient (Wildman–Crippen LogP) is 2.11. The van der Waals surface area contributed by atoms with Crippen LogP contribution in [0.1, 0.15) is 12.0 Å². The molecular formula is C13H21NO2S2. The van der Waals surface area contributed by atoms with Gasteiger partial charge in [0.1, 0.15) is 9.84 Å². The van der Waals surface area contributed by atoms with Gasteiger partial charge in [-0.15, -0.1) is 11.8 Å². The fraction of sp³-hybridized carbons (Fsp3) is 0.538. The topological polar surface area (TPSA) is 46.2 Å². The third kappa shape index (κ3) is 6.42. The first-order valence-corrected chi connectivity index (χ1v) is 9.00. The van der Waals surface area contributed by atoms with Gasteiger partial charge in [-0.1, -0.05) is 17.7 Å². The smallest absolute Gasteiger partial charge is 0.147 e. The molecule has 0 amide bonds. The molecule has 3 nitrogen and oxygen atoms in total. The van der Waals surface area contributed by atoms with Crippen molar-refractivity contribution in [2.24, 2.45) is 0 Å². The van der Waals surface area contributed by atoms with Crippen LogP contribution in [0.2, 0.25) is 0 Å². The zero-order valence-electron chi connectivity index (χ0n) is 11.1. The van der Waals surface area contributed by atoms with Crippen molar-refractivity contribution in [3.63, 3.8) is 0 Å². The zero-order valence-corrected chi connectivity index (χ0v) is 12.8. The second kappa shape index (κ2) is 7.16. The second-order valence-electron chi connectivity index (χ2n) is 4.53. The minimum absolute atomic E-state index is 0.228. The first-order valence-electron chi connectivity index (χ1n) is 5.95. The number of benzene rings is 1. The molecule has 0 aromatic heterocycles. The highest BCUT2D eigenvalue weighted by atomic mass is 32.2. The Labute approximate surface area is 114 Å². The van der Waals surface area contributed by atoms with E-state index in [2.05, 4.69) is 36.5 Å². The van der Waals surface area contributed by atoms with Gasteiger partial charge in [0, 0.05) is 22.9 Å².